The van der Waals surface area contributed by atoms with Crippen molar-refractivity contribution >= 4 is 34.4 Å². The van der Waals surface area contributed by atoms with Gasteiger partial charge in [0.25, 0.3) is 0 Å². The molecule has 2 heterocycles. The number of nitrogens with zero attached hydrogens (tertiary/aromatic N) is 4. The first kappa shape index (κ1) is 20.8. The number of aromatic nitrogens is 4. The van der Waals surface area contributed by atoms with E-state index in [0.717, 1.165) is 5.56 Å². The number of anilines is 1. The zero-order valence-corrected chi connectivity index (χ0v) is 18.0. The highest BCUT2D eigenvalue weighted by Gasteiger charge is 2.20. The number of rotatable bonds is 6. The number of amides is 1. The molecule has 0 aliphatic heterocycles. The SMILES string of the molecule is COc1ccc(C)cc1NC(=O)C(C)Sc1ncnc2c1cnn2-c1ccc(F)cc1. The Kier molecular flexibility index (Phi) is 5.85. The summed E-state index contributed by atoms with van der Waals surface area (Å²) in [5.41, 5.74) is 2.90. The predicted molar refractivity (Wildman–Crippen MR) is 118 cm³/mol. The van der Waals surface area contributed by atoms with E-state index in [1.807, 2.05) is 25.1 Å². The van der Waals surface area contributed by atoms with E-state index in [2.05, 4.69) is 20.4 Å². The number of halogens is 1. The summed E-state index contributed by atoms with van der Waals surface area (Å²) in [6, 6.07) is 11.6. The summed E-state index contributed by atoms with van der Waals surface area (Å²) in [7, 11) is 1.56. The van der Waals surface area contributed by atoms with E-state index >= 15 is 0 Å². The van der Waals surface area contributed by atoms with Gasteiger partial charge in [-0.1, -0.05) is 17.8 Å². The first-order chi connectivity index (χ1) is 15.0. The standard InChI is InChI=1S/C22H20FN5O2S/c1-13-4-9-19(30-3)18(10-13)27-21(29)14(2)31-22-17-11-26-28(20(17)24-12-25-22)16-7-5-15(23)6-8-16/h4-12,14H,1-3H3,(H,27,29). The van der Waals surface area contributed by atoms with Crippen LogP contribution in [0.4, 0.5) is 10.1 Å². The summed E-state index contributed by atoms with van der Waals surface area (Å²) >= 11 is 1.31. The summed E-state index contributed by atoms with van der Waals surface area (Å²) in [4.78, 5) is 21.5. The summed E-state index contributed by atoms with van der Waals surface area (Å²) in [5, 5.41) is 8.21. The largest absolute Gasteiger partial charge is 0.495 e. The molecule has 4 aromatic rings. The second kappa shape index (κ2) is 8.73. The van der Waals surface area contributed by atoms with Crippen molar-refractivity contribution in [2.45, 2.75) is 24.1 Å². The first-order valence-electron chi connectivity index (χ1n) is 9.53. The van der Waals surface area contributed by atoms with E-state index in [9.17, 15) is 9.18 Å². The Morgan fingerprint density at radius 2 is 1.97 bits per heavy atom. The molecule has 0 saturated heterocycles. The van der Waals surface area contributed by atoms with Crippen LogP contribution in [0.3, 0.4) is 0 Å². The molecule has 0 radical (unpaired) electrons. The third kappa shape index (κ3) is 4.36. The van der Waals surface area contributed by atoms with E-state index in [4.69, 9.17) is 4.74 Å². The van der Waals surface area contributed by atoms with Crippen LogP contribution in [0.25, 0.3) is 16.7 Å². The monoisotopic (exact) mass is 437 g/mol. The molecule has 2 aromatic heterocycles. The zero-order chi connectivity index (χ0) is 22.0. The lowest BCUT2D eigenvalue weighted by atomic mass is 10.2. The van der Waals surface area contributed by atoms with Gasteiger partial charge in [0.15, 0.2) is 5.65 Å². The third-order valence-electron chi connectivity index (χ3n) is 4.67. The normalized spacial score (nSPS) is 12.0. The van der Waals surface area contributed by atoms with Gasteiger partial charge in [0.2, 0.25) is 5.91 Å². The highest BCUT2D eigenvalue weighted by Crippen LogP contribution is 2.31. The lowest BCUT2D eigenvalue weighted by Crippen LogP contribution is -2.23. The Balaban J connectivity index is 1.56. The van der Waals surface area contributed by atoms with E-state index in [1.54, 1.807) is 37.0 Å². The topological polar surface area (TPSA) is 81.9 Å². The zero-order valence-electron chi connectivity index (χ0n) is 17.2. The number of thioether (sulfide) groups is 1. The molecule has 1 atom stereocenters. The molecule has 31 heavy (non-hydrogen) atoms. The molecule has 0 fully saturated rings. The molecule has 9 heteroatoms. The number of aryl methyl sites for hydroxylation is 1. The van der Waals surface area contributed by atoms with Gasteiger partial charge in [0.1, 0.15) is 22.9 Å². The minimum Gasteiger partial charge on any atom is -0.495 e. The van der Waals surface area contributed by atoms with Crippen LogP contribution in [-0.2, 0) is 4.79 Å². The number of benzene rings is 2. The maximum Gasteiger partial charge on any atom is 0.237 e. The van der Waals surface area contributed by atoms with Crippen LogP contribution in [-0.4, -0.2) is 38.0 Å². The van der Waals surface area contributed by atoms with Crippen LogP contribution in [0.15, 0.2) is 60.0 Å². The number of carbonyl (C=O) groups excluding carboxylic acids is 1. The van der Waals surface area contributed by atoms with Crippen LogP contribution in [0.2, 0.25) is 0 Å². The molecule has 2 aromatic carbocycles. The van der Waals surface area contributed by atoms with Crippen molar-refractivity contribution < 1.29 is 13.9 Å². The molecule has 1 unspecified atom stereocenters. The molecule has 0 bridgehead atoms. The fourth-order valence-corrected chi connectivity index (χ4v) is 3.94. The average molecular weight is 438 g/mol. The van der Waals surface area contributed by atoms with Gasteiger partial charge in [0, 0.05) is 0 Å². The fraction of sp³-hybridized carbons (Fsp3) is 0.182. The lowest BCUT2D eigenvalue weighted by molar-refractivity contribution is -0.115. The molecule has 1 amide bonds. The van der Waals surface area contributed by atoms with Crippen LogP contribution >= 0.6 is 11.8 Å². The van der Waals surface area contributed by atoms with E-state index in [1.165, 1.54) is 30.2 Å². The second-order valence-corrected chi connectivity index (χ2v) is 8.23. The Hall–Kier alpha value is -3.46. The predicted octanol–water partition coefficient (Wildman–Crippen LogP) is 4.39. The van der Waals surface area contributed by atoms with Crippen LogP contribution in [0.5, 0.6) is 5.75 Å². The minimum atomic E-state index is -0.433. The number of nitrogens with one attached hydrogen (secondary N) is 1. The molecule has 1 N–H and O–H groups in total. The Morgan fingerprint density at radius 1 is 1.19 bits per heavy atom. The van der Waals surface area contributed by atoms with Crippen molar-refractivity contribution in [1.82, 2.24) is 19.7 Å². The maximum atomic E-state index is 13.2. The molecule has 0 saturated carbocycles. The van der Waals surface area contributed by atoms with Crippen LogP contribution < -0.4 is 10.1 Å². The fourth-order valence-electron chi connectivity index (χ4n) is 3.06. The van der Waals surface area contributed by atoms with Crippen molar-refractivity contribution in [2.75, 3.05) is 12.4 Å². The minimum absolute atomic E-state index is 0.174. The molecular formula is C22H20FN5O2S. The van der Waals surface area contributed by atoms with Gasteiger partial charge in [-0.2, -0.15) is 5.10 Å². The molecule has 0 aliphatic rings. The number of hydrogen-bond donors (Lipinski definition) is 1. The van der Waals surface area contributed by atoms with Gasteiger partial charge in [-0.15, -0.1) is 0 Å². The van der Waals surface area contributed by atoms with Crippen molar-refractivity contribution in [3.05, 3.63) is 66.4 Å². The molecular weight excluding hydrogens is 417 g/mol. The van der Waals surface area contributed by atoms with Gasteiger partial charge in [-0.3, -0.25) is 4.79 Å². The Labute approximate surface area is 182 Å². The number of methoxy groups -OCH3 is 1. The van der Waals surface area contributed by atoms with Gasteiger partial charge in [-0.05, 0) is 55.8 Å². The highest BCUT2D eigenvalue weighted by molar-refractivity contribution is 8.00. The van der Waals surface area contributed by atoms with Crippen molar-refractivity contribution in [2.24, 2.45) is 0 Å². The first-order valence-corrected chi connectivity index (χ1v) is 10.4. The molecule has 0 aliphatic carbocycles. The molecule has 158 valence electrons. The molecule has 0 spiro atoms. The lowest BCUT2D eigenvalue weighted by Gasteiger charge is -2.14. The summed E-state index contributed by atoms with van der Waals surface area (Å²) < 4.78 is 20.2. The Morgan fingerprint density at radius 3 is 2.71 bits per heavy atom. The summed E-state index contributed by atoms with van der Waals surface area (Å²) in [5.74, 6) is 0.101. The number of ether oxygens (including phenoxy) is 1. The van der Waals surface area contributed by atoms with Gasteiger partial charge in [0.05, 0.1) is 35.3 Å². The average Bonchev–Trinajstić information content (AvgIpc) is 3.19. The van der Waals surface area contributed by atoms with Gasteiger partial charge in [-0.25, -0.2) is 19.0 Å². The van der Waals surface area contributed by atoms with Crippen LogP contribution in [0, 0.1) is 12.7 Å². The Bertz CT molecular complexity index is 1240. The highest BCUT2D eigenvalue weighted by atomic mass is 32.2. The van der Waals surface area contributed by atoms with Gasteiger partial charge < -0.3 is 10.1 Å². The molecule has 4 rings (SSSR count). The molecule has 7 nitrogen and oxygen atoms in total. The van der Waals surface area contributed by atoms with Crippen molar-refractivity contribution in [3.63, 3.8) is 0 Å². The van der Waals surface area contributed by atoms with E-state index < -0.39 is 5.25 Å². The third-order valence-corrected chi connectivity index (χ3v) is 5.79. The van der Waals surface area contributed by atoms with Gasteiger partial charge >= 0.3 is 0 Å². The maximum absolute atomic E-state index is 13.2. The quantitative estimate of drug-likeness (QED) is 0.356. The number of hydrogen-bond acceptors (Lipinski definition) is 6. The van der Waals surface area contributed by atoms with Crippen molar-refractivity contribution in [1.29, 1.82) is 0 Å². The second-order valence-electron chi connectivity index (χ2n) is 6.90. The van der Waals surface area contributed by atoms with E-state index in [0.29, 0.717) is 33.2 Å². The van der Waals surface area contributed by atoms with Crippen LogP contribution in [0.1, 0.15) is 12.5 Å². The van der Waals surface area contributed by atoms with Crippen molar-refractivity contribution in [3.8, 4) is 11.4 Å². The van der Waals surface area contributed by atoms with E-state index in [-0.39, 0.29) is 11.7 Å². The summed E-state index contributed by atoms with van der Waals surface area (Å²) in [6.45, 7) is 3.75. The number of fused-ring (bicyclic) bond motifs is 1. The summed E-state index contributed by atoms with van der Waals surface area (Å²) in [6.07, 6.45) is 3.08. The smallest absolute Gasteiger partial charge is 0.237 e. The number of carbonyl (C=O) groups is 1.